The first-order chi connectivity index (χ1) is 7.70. The van der Waals surface area contributed by atoms with Crippen LogP contribution in [0.3, 0.4) is 0 Å². The fourth-order valence-electron chi connectivity index (χ4n) is 1.67. The van der Waals surface area contributed by atoms with Crippen molar-refractivity contribution in [3.05, 3.63) is 29.1 Å². The number of nitrogens with zero attached hydrogens (tertiary/aromatic N) is 1. The third kappa shape index (κ3) is 2.36. The largest absolute Gasteiger partial charge is 0.440 e. The highest BCUT2D eigenvalue weighted by atomic mass is 35.5. The molecule has 0 spiro atoms. The summed E-state index contributed by atoms with van der Waals surface area (Å²) in [5.74, 6) is 1.07. The van der Waals surface area contributed by atoms with Crippen LogP contribution in [0.4, 0.5) is 0 Å². The lowest BCUT2D eigenvalue weighted by Crippen LogP contribution is -2.01. The number of halogens is 1. The minimum atomic E-state index is 0.301. The van der Waals surface area contributed by atoms with E-state index in [0.717, 1.165) is 29.8 Å². The quantitative estimate of drug-likeness (QED) is 0.889. The Morgan fingerprint density at radius 3 is 3.06 bits per heavy atom. The Kier molecular flexibility index (Phi) is 3.46. The van der Waals surface area contributed by atoms with Gasteiger partial charge in [0.25, 0.3) is 0 Å². The number of hydrogen-bond acceptors (Lipinski definition) is 3. The zero-order valence-electron chi connectivity index (χ0n) is 9.24. The molecule has 0 fully saturated rings. The Hall–Kier alpha value is -1.06. The Balaban J connectivity index is 2.25. The van der Waals surface area contributed by atoms with Crippen molar-refractivity contribution in [3.63, 3.8) is 0 Å². The second-order valence-corrected chi connectivity index (χ2v) is 4.43. The third-order valence-electron chi connectivity index (χ3n) is 2.63. The molecule has 1 unspecified atom stereocenters. The van der Waals surface area contributed by atoms with Crippen LogP contribution in [0, 0.1) is 0 Å². The van der Waals surface area contributed by atoms with Gasteiger partial charge in [-0.2, -0.15) is 0 Å². The molecule has 86 valence electrons. The van der Waals surface area contributed by atoms with Crippen LogP contribution in [0.5, 0.6) is 0 Å². The summed E-state index contributed by atoms with van der Waals surface area (Å²) in [5.41, 5.74) is 7.09. The molecular weight excluding hydrogens is 224 g/mol. The molecule has 0 amide bonds. The highest BCUT2D eigenvalue weighted by Crippen LogP contribution is 2.26. The Morgan fingerprint density at radius 1 is 1.50 bits per heavy atom. The van der Waals surface area contributed by atoms with Gasteiger partial charge in [-0.25, -0.2) is 4.98 Å². The molecule has 0 saturated carbocycles. The fraction of sp³-hybridized carbons (Fsp3) is 0.417. The summed E-state index contributed by atoms with van der Waals surface area (Å²) in [4.78, 5) is 4.44. The van der Waals surface area contributed by atoms with Crippen LogP contribution in [0.25, 0.3) is 11.1 Å². The van der Waals surface area contributed by atoms with E-state index in [1.807, 2.05) is 12.1 Å². The Bertz CT molecular complexity index is 481. The van der Waals surface area contributed by atoms with Crippen LogP contribution in [0.1, 0.15) is 31.6 Å². The molecule has 1 aromatic carbocycles. The van der Waals surface area contributed by atoms with E-state index in [2.05, 4.69) is 11.9 Å². The van der Waals surface area contributed by atoms with Crippen molar-refractivity contribution >= 4 is 22.7 Å². The Labute approximate surface area is 99.6 Å². The van der Waals surface area contributed by atoms with Crippen molar-refractivity contribution in [2.24, 2.45) is 5.73 Å². The first kappa shape index (κ1) is 11.4. The van der Waals surface area contributed by atoms with Gasteiger partial charge in [0.05, 0.1) is 0 Å². The van der Waals surface area contributed by atoms with E-state index >= 15 is 0 Å². The summed E-state index contributed by atoms with van der Waals surface area (Å²) < 4.78 is 5.67. The van der Waals surface area contributed by atoms with Gasteiger partial charge in [0.15, 0.2) is 11.5 Å². The lowest BCUT2D eigenvalue weighted by atomic mass is 10.1. The highest BCUT2D eigenvalue weighted by Gasteiger charge is 2.13. The minimum Gasteiger partial charge on any atom is -0.440 e. The lowest BCUT2D eigenvalue weighted by molar-refractivity contribution is 0.464. The van der Waals surface area contributed by atoms with Crippen LogP contribution >= 0.6 is 11.6 Å². The van der Waals surface area contributed by atoms with Crippen LogP contribution in [-0.4, -0.2) is 11.5 Å². The second kappa shape index (κ2) is 4.85. The zero-order chi connectivity index (χ0) is 11.5. The van der Waals surface area contributed by atoms with E-state index in [1.165, 1.54) is 0 Å². The van der Waals surface area contributed by atoms with Gasteiger partial charge in [0.2, 0.25) is 0 Å². The smallest absolute Gasteiger partial charge is 0.198 e. The molecule has 1 heterocycles. The van der Waals surface area contributed by atoms with Gasteiger partial charge in [-0.15, -0.1) is 0 Å². The average molecular weight is 239 g/mol. The lowest BCUT2D eigenvalue weighted by Gasteiger charge is -2.04. The maximum absolute atomic E-state index is 5.89. The fourth-order valence-corrected chi connectivity index (χ4v) is 1.84. The number of rotatable bonds is 4. The van der Waals surface area contributed by atoms with Crippen molar-refractivity contribution in [3.8, 4) is 0 Å². The zero-order valence-corrected chi connectivity index (χ0v) is 10.00. The van der Waals surface area contributed by atoms with Crippen molar-refractivity contribution in [1.82, 2.24) is 4.98 Å². The van der Waals surface area contributed by atoms with E-state index in [0.29, 0.717) is 17.5 Å². The molecule has 16 heavy (non-hydrogen) atoms. The van der Waals surface area contributed by atoms with Crippen LogP contribution in [0.15, 0.2) is 22.6 Å². The molecule has 4 heteroatoms. The van der Waals surface area contributed by atoms with Gasteiger partial charge in [-0.1, -0.05) is 18.5 Å². The highest BCUT2D eigenvalue weighted by molar-refractivity contribution is 6.31. The first-order valence-corrected chi connectivity index (χ1v) is 5.84. The minimum absolute atomic E-state index is 0.301. The molecule has 0 aliphatic rings. The number of oxazole rings is 1. The van der Waals surface area contributed by atoms with Crippen molar-refractivity contribution < 1.29 is 4.42 Å². The summed E-state index contributed by atoms with van der Waals surface area (Å²) in [7, 11) is 0. The van der Waals surface area contributed by atoms with Gasteiger partial charge in [-0.05, 0) is 31.5 Å². The average Bonchev–Trinajstić information content (AvgIpc) is 2.68. The van der Waals surface area contributed by atoms with Crippen LogP contribution in [-0.2, 0) is 0 Å². The van der Waals surface area contributed by atoms with Crippen LogP contribution < -0.4 is 5.73 Å². The SMILES string of the molecule is CC(CCCN)c1nc2ccc(Cl)cc2o1. The van der Waals surface area contributed by atoms with Crippen molar-refractivity contribution in [2.75, 3.05) is 6.54 Å². The predicted octanol–water partition coefficient (Wildman–Crippen LogP) is 3.32. The third-order valence-corrected chi connectivity index (χ3v) is 2.86. The molecule has 0 aliphatic carbocycles. The molecule has 1 aromatic heterocycles. The van der Waals surface area contributed by atoms with E-state index in [4.69, 9.17) is 21.8 Å². The molecule has 2 rings (SSSR count). The molecule has 0 radical (unpaired) electrons. The van der Waals surface area contributed by atoms with E-state index in [9.17, 15) is 0 Å². The van der Waals surface area contributed by atoms with Crippen LogP contribution in [0.2, 0.25) is 5.02 Å². The molecule has 1 atom stereocenters. The molecule has 2 aromatic rings. The second-order valence-electron chi connectivity index (χ2n) is 4.00. The van der Waals surface area contributed by atoms with E-state index in [-0.39, 0.29) is 0 Å². The topological polar surface area (TPSA) is 52.0 Å². The Morgan fingerprint density at radius 2 is 2.31 bits per heavy atom. The van der Waals surface area contributed by atoms with Crippen molar-refractivity contribution in [1.29, 1.82) is 0 Å². The number of hydrogen-bond donors (Lipinski definition) is 1. The van der Waals surface area contributed by atoms with Gasteiger partial charge in [0, 0.05) is 17.0 Å². The summed E-state index contributed by atoms with van der Waals surface area (Å²) in [6.07, 6.45) is 1.98. The van der Waals surface area contributed by atoms with Gasteiger partial charge in [0.1, 0.15) is 5.52 Å². The summed E-state index contributed by atoms with van der Waals surface area (Å²) >= 11 is 5.89. The maximum atomic E-state index is 5.89. The summed E-state index contributed by atoms with van der Waals surface area (Å²) in [5, 5.41) is 0.671. The first-order valence-electron chi connectivity index (χ1n) is 5.46. The van der Waals surface area contributed by atoms with Crippen molar-refractivity contribution in [2.45, 2.75) is 25.7 Å². The number of fused-ring (bicyclic) bond motifs is 1. The number of nitrogens with two attached hydrogens (primary N) is 1. The standard InChI is InChI=1S/C12H15ClN2O/c1-8(3-2-6-14)12-15-10-5-4-9(13)7-11(10)16-12/h4-5,7-8H,2-3,6,14H2,1H3. The maximum Gasteiger partial charge on any atom is 0.198 e. The molecular formula is C12H15ClN2O. The molecule has 3 nitrogen and oxygen atoms in total. The van der Waals surface area contributed by atoms with Gasteiger partial charge < -0.3 is 10.2 Å². The summed E-state index contributed by atoms with van der Waals surface area (Å²) in [6, 6.07) is 5.49. The normalized spacial score (nSPS) is 13.2. The number of benzene rings is 1. The predicted molar refractivity (Wildman–Crippen MR) is 65.7 cm³/mol. The monoisotopic (exact) mass is 238 g/mol. The number of aromatic nitrogens is 1. The van der Waals surface area contributed by atoms with E-state index in [1.54, 1.807) is 6.07 Å². The van der Waals surface area contributed by atoms with E-state index < -0.39 is 0 Å². The molecule has 2 N–H and O–H groups in total. The summed E-state index contributed by atoms with van der Waals surface area (Å²) in [6.45, 7) is 2.80. The molecule has 0 aliphatic heterocycles. The van der Waals surface area contributed by atoms with Gasteiger partial charge >= 0.3 is 0 Å². The molecule has 0 saturated heterocycles. The van der Waals surface area contributed by atoms with Gasteiger partial charge in [-0.3, -0.25) is 0 Å². The molecule has 0 bridgehead atoms.